The summed E-state index contributed by atoms with van der Waals surface area (Å²) in [6, 6.07) is 3.62. The molecule has 1 saturated heterocycles. The molecule has 1 aliphatic heterocycles. The van der Waals surface area contributed by atoms with Gasteiger partial charge in [0, 0.05) is 13.1 Å². The molecule has 7 heteroatoms. The predicted molar refractivity (Wildman–Crippen MR) is 82.2 cm³/mol. The Bertz CT molecular complexity index is 793. The third-order valence-electron chi connectivity index (χ3n) is 6.07. The average molecular weight is 310 g/mol. The minimum Gasteiger partial charge on any atom is -0.348 e. The number of hydrogen-bond acceptors (Lipinski definition) is 4. The Morgan fingerprint density at radius 2 is 2.30 bits per heavy atom. The molecule has 0 spiro atoms. The number of carbonyl (C=O) groups is 1. The van der Waals surface area contributed by atoms with Gasteiger partial charge in [0.2, 0.25) is 5.82 Å². The zero-order chi connectivity index (χ0) is 15.6. The molecule has 2 bridgehead atoms. The van der Waals surface area contributed by atoms with Gasteiger partial charge in [-0.2, -0.15) is 5.21 Å². The Kier molecular flexibility index (Phi) is 2.44. The van der Waals surface area contributed by atoms with Crippen molar-refractivity contribution < 1.29 is 4.79 Å². The number of fused-ring (bicyclic) bond motifs is 5. The van der Waals surface area contributed by atoms with Gasteiger partial charge >= 0.3 is 0 Å². The molecule has 5 rings (SSSR count). The summed E-state index contributed by atoms with van der Waals surface area (Å²) in [7, 11) is 0. The summed E-state index contributed by atoms with van der Waals surface area (Å²) in [4.78, 5) is 18.0. The van der Waals surface area contributed by atoms with Crippen LogP contribution in [0.3, 0.4) is 0 Å². The summed E-state index contributed by atoms with van der Waals surface area (Å²) < 4.78 is 0. The first-order valence-electron chi connectivity index (χ1n) is 8.05. The highest BCUT2D eigenvalue weighted by Gasteiger charge is 2.58. The second-order valence-corrected chi connectivity index (χ2v) is 7.21. The summed E-state index contributed by atoms with van der Waals surface area (Å²) in [6.07, 6.45) is 5.99. The largest absolute Gasteiger partial charge is 0.348 e. The first-order valence-corrected chi connectivity index (χ1v) is 8.05. The number of aromatic nitrogens is 5. The zero-order valence-electron chi connectivity index (χ0n) is 12.9. The van der Waals surface area contributed by atoms with E-state index in [-0.39, 0.29) is 11.3 Å². The van der Waals surface area contributed by atoms with E-state index in [1.54, 1.807) is 6.07 Å². The molecule has 0 aromatic carbocycles. The van der Waals surface area contributed by atoms with E-state index >= 15 is 0 Å². The fourth-order valence-electron chi connectivity index (χ4n) is 4.82. The monoisotopic (exact) mass is 310 g/mol. The number of allylic oxidation sites excluding steroid dienone is 2. The molecular formula is C16H18N6O. The molecule has 2 aliphatic carbocycles. The van der Waals surface area contributed by atoms with Gasteiger partial charge in [0.25, 0.3) is 5.91 Å². The number of rotatable bonds is 2. The SMILES string of the molecule is C[C@]12CN(C(=O)c3ccc(-c4nn[nH]n4)[nH]3)C[C@H]1[C@H]1C=C[C@@H]2C1. The van der Waals surface area contributed by atoms with Crippen molar-refractivity contribution in [1.82, 2.24) is 30.5 Å². The van der Waals surface area contributed by atoms with Gasteiger partial charge in [0.1, 0.15) is 5.69 Å². The fraction of sp³-hybridized carbons (Fsp3) is 0.500. The highest BCUT2D eigenvalue weighted by molar-refractivity contribution is 5.93. The molecule has 3 heterocycles. The first-order chi connectivity index (χ1) is 11.1. The lowest BCUT2D eigenvalue weighted by atomic mass is 9.72. The van der Waals surface area contributed by atoms with Crippen molar-refractivity contribution in [3.05, 3.63) is 30.0 Å². The van der Waals surface area contributed by atoms with Crippen LogP contribution in [0.5, 0.6) is 0 Å². The highest BCUT2D eigenvalue weighted by atomic mass is 16.2. The molecule has 23 heavy (non-hydrogen) atoms. The molecule has 0 unspecified atom stereocenters. The van der Waals surface area contributed by atoms with Crippen molar-refractivity contribution in [2.75, 3.05) is 13.1 Å². The van der Waals surface area contributed by atoms with Crippen LogP contribution in [0.2, 0.25) is 0 Å². The molecule has 7 nitrogen and oxygen atoms in total. The van der Waals surface area contributed by atoms with Gasteiger partial charge in [-0.3, -0.25) is 4.79 Å². The number of nitrogens with one attached hydrogen (secondary N) is 2. The van der Waals surface area contributed by atoms with Crippen LogP contribution in [0.25, 0.3) is 11.5 Å². The number of likely N-dealkylation sites (tertiary alicyclic amines) is 1. The molecule has 3 aliphatic rings. The summed E-state index contributed by atoms with van der Waals surface area (Å²) in [5, 5.41) is 13.8. The predicted octanol–water partition coefficient (Wildman–Crippen LogP) is 1.48. The van der Waals surface area contributed by atoms with Gasteiger partial charge in [-0.05, 0) is 46.9 Å². The minimum atomic E-state index is 0.0646. The van der Waals surface area contributed by atoms with E-state index in [1.165, 1.54) is 6.42 Å². The van der Waals surface area contributed by atoms with Crippen LogP contribution in [0, 0.1) is 23.2 Å². The van der Waals surface area contributed by atoms with Crippen LogP contribution in [0.15, 0.2) is 24.3 Å². The second kappa shape index (κ2) is 4.31. The molecule has 1 saturated carbocycles. The van der Waals surface area contributed by atoms with E-state index in [9.17, 15) is 4.79 Å². The van der Waals surface area contributed by atoms with Crippen LogP contribution in [0.1, 0.15) is 23.8 Å². The van der Waals surface area contributed by atoms with Gasteiger partial charge in [-0.15, -0.1) is 10.2 Å². The maximum Gasteiger partial charge on any atom is 0.270 e. The molecular weight excluding hydrogens is 292 g/mol. The van der Waals surface area contributed by atoms with Gasteiger partial charge in [-0.25, -0.2) is 0 Å². The quantitative estimate of drug-likeness (QED) is 0.822. The number of aromatic amines is 2. The Balaban J connectivity index is 1.39. The van der Waals surface area contributed by atoms with E-state index in [4.69, 9.17) is 0 Å². The Morgan fingerprint density at radius 3 is 3.09 bits per heavy atom. The van der Waals surface area contributed by atoms with Crippen molar-refractivity contribution in [3.8, 4) is 11.5 Å². The van der Waals surface area contributed by atoms with Crippen molar-refractivity contribution in [3.63, 3.8) is 0 Å². The molecule has 1 amide bonds. The summed E-state index contributed by atoms with van der Waals surface area (Å²) >= 11 is 0. The molecule has 4 atom stereocenters. The topological polar surface area (TPSA) is 90.6 Å². The number of tetrazole rings is 1. The standard InChI is InChI=1S/C16H18N6O/c1-16-8-22(7-11(16)9-2-3-10(16)6-9)15(23)13-5-4-12(17-13)14-18-20-21-19-14/h2-5,9-11,17H,6-8H2,1H3,(H,18,19,20,21)/t9-,10+,11-,16+/m0/s1. The number of H-pyrrole nitrogens is 2. The molecule has 118 valence electrons. The summed E-state index contributed by atoms with van der Waals surface area (Å²) in [5.41, 5.74) is 1.54. The summed E-state index contributed by atoms with van der Waals surface area (Å²) in [6.45, 7) is 4.05. The lowest BCUT2D eigenvalue weighted by Gasteiger charge is -2.31. The molecule has 2 aromatic heterocycles. The number of amides is 1. The van der Waals surface area contributed by atoms with Gasteiger partial charge in [0.05, 0.1) is 5.69 Å². The lowest BCUT2D eigenvalue weighted by Crippen LogP contribution is -2.33. The van der Waals surface area contributed by atoms with Crippen molar-refractivity contribution in [2.24, 2.45) is 23.2 Å². The molecule has 2 aromatic rings. The third kappa shape index (κ3) is 1.70. The van der Waals surface area contributed by atoms with Crippen molar-refractivity contribution in [1.29, 1.82) is 0 Å². The normalized spacial score (nSPS) is 34.3. The average Bonchev–Trinajstić information content (AvgIpc) is 3.29. The lowest BCUT2D eigenvalue weighted by molar-refractivity contribution is 0.0760. The van der Waals surface area contributed by atoms with E-state index in [0.717, 1.165) is 13.1 Å². The Hall–Kier alpha value is -2.44. The van der Waals surface area contributed by atoms with Crippen LogP contribution in [0.4, 0.5) is 0 Å². The zero-order valence-corrected chi connectivity index (χ0v) is 12.9. The minimum absolute atomic E-state index is 0.0646. The van der Waals surface area contributed by atoms with Gasteiger partial charge in [-0.1, -0.05) is 19.1 Å². The molecule has 2 fully saturated rings. The first kappa shape index (κ1) is 13.0. The third-order valence-corrected chi connectivity index (χ3v) is 6.07. The van der Waals surface area contributed by atoms with Crippen LogP contribution in [-0.4, -0.2) is 49.5 Å². The van der Waals surface area contributed by atoms with Crippen LogP contribution in [-0.2, 0) is 0 Å². The molecule has 2 N–H and O–H groups in total. The smallest absolute Gasteiger partial charge is 0.270 e. The Labute approximate surface area is 133 Å². The van der Waals surface area contributed by atoms with Crippen LogP contribution >= 0.6 is 0 Å². The number of hydrogen-bond donors (Lipinski definition) is 2. The molecule has 0 radical (unpaired) electrons. The number of carbonyl (C=O) groups excluding carboxylic acids is 1. The Morgan fingerprint density at radius 1 is 1.39 bits per heavy atom. The van der Waals surface area contributed by atoms with Crippen LogP contribution < -0.4 is 0 Å². The maximum atomic E-state index is 12.8. The maximum absolute atomic E-state index is 12.8. The van der Waals surface area contributed by atoms with E-state index in [0.29, 0.717) is 35.0 Å². The van der Waals surface area contributed by atoms with E-state index < -0.39 is 0 Å². The van der Waals surface area contributed by atoms with E-state index in [1.807, 2.05) is 11.0 Å². The number of nitrogens with zero attached hydrogens (tertiary/aromatic N) is 4. The summed E-state index contributed by atoms with van der Waals surface area (Å²) in [5.74, 6) is 2.43. The second-order valence-electron chi connectivity index (χ2n) is 7.21. The van der Waals surface area contributed by atoms with Gasteiger partial charge < -0.3 is 9.88 Å². The van der Waals surface area contributed by atoms with Gasteiger partial charge in [0.15, 0.2) is 0 Å². The van der Waals surface area contributed by atoms with Crippen molar-refractivity contribution in [2.45, 2.75) is 13.3 Å². The fourth-order valence-corrected chi connectivity index (χ4v) is 4.82. The highest BCUT2D eigenvalue weighted by Crippen LogP contribution is 2.59. The van der Waals surface area contributed by atoms with E-state index in [2.05, 4.69) is 44.7 Å². The van der Waals surface area contributed by atoms with Crippen molar-refractivity contribution >= 4 is 5.91 Å².